The van der Waals surface area contributed by atoms with Crippen molar-refractivity contribution in [1.82, 2.24) is 15.5 Å². The molecule has 0 aromatic rings. The quantitative estimate of drug-likeness (QED) is 0.584. The van der Waals surface area contributed by atoms with E-state index in [-0.39, 0.29) is 17.7 Å². The van der Waals surface area contributed by atoms with E-state index < -0.39 is 0 Å². The van der Waals surface area contributed by atoms with E-state index in [1.54, 1.807) is 0 Å². The van der Waals surface area contributed by atoms with Gasteiger partial charge in [0.05, 0.1) is 5.92 Å². The Hall–Kier alpha value is -1.14. The van der Waals surface area contributed by atoms with E-state index in [9.17, 15) is 9.59 Å². The Labute approximate surface area is 120 Å². The molecule has 0 bridgehead atoms. The molecule has 0 aromatic heterocycles. The lowest BCUT2D eigenvalue weighted by Crippen LogP contribution is -2.45. The Balaban J connectivity index is 1.66. The van der Waals surface area contributed by atoms with Gasteiger partial charge in [-0.2, -0.15) is 0 Å². The molecule has 2 aliphatic rings. The Kier molecular flexibility index (Phi) is 5.79. The highest BCUT2D eigenvalue weighted by molar-refractivity contribution is 5.79. The predicted molar refractivity (Wildman–Crippen MR) is 77.0 cm³/mol. The topological polar surface area (TPSA) is 87.5 Å². The Bertz CT molecular complexity index is 344. The van der Waals surface area contributed by atoms with Crippen molar-refractivity contribution in [2.75, 3.05) is 32.7 Å². The highest BCUT2D eigenvalue weighted by Gasteiger charge is 2.26. The van der Waals surface area contributed by atoms with Gasteiger partial charge in [-0.3, -0.25) is 9.59 Å². The lowest BCUT2D eigenvalue weighted by atomic mass is 9.97. The van der Waals surface area contributed by atoms with Crippen LogP contribution in [0.3, 0.4) is 0 Å². The number of amides is 2. The molecule has 1 saturated carbocycles. The number of nitrogens with two attached hydrogens (primary N) is 1. The molecule has 1 atom stereocenters. The summed E-state index contributed by atoms with van der Waals surface area (Å²) in [5, 5.41) is 5.85. The lowest BCUT2D eigenvalue weighted by Gasteiger charge is -2.31. The molecule has 2 amide bonds. The van der Waals surface area contributed by atoms with Gasteiger partial charge in [0.15, 0.2) is 0 Å². The first-order valence-corrected chi connectivity index (χ1v) is 7.68. The van der Waals surface area contributed by atoms with Crippen molar-refractivity contribution in [2.45, 2.75) is 38.1 Å². The molecule has 1 aliphatic heterocycles. The maximum absolute atomic E-state index is 11.9. The highest BCUT2D eigenvalue weighted by Crippen LogP contribution is 2.19. The third-order valence-corrected chi connectivity index (χ3v) is 3.92. The molecule has 0 aromatic carbocycles. The summed E-state index contributed by atoms with van der Waals surface area (Å²) in [4.78, 5) is 25.8. The van der Waals surface area contributed by atoms with E-state index in [1.807, 2.05) is 0 Å². The van der Waals surface area contributed by atoms with E-state index >= 15 is 0 Å². The maximum Gasteiger partial charge on any atom is 0.224 e. The summed E-state index contributed by atoms with van der Waals surface area (Å²) >= 11 is 0. The fourth-order valence-corrected chi connectivity index (χ4v) is 2.60. The molecule has 6 nitrogen and oxygen atoms in total. The van der Waals surface area contributed by atoms with Crippen molar-refractivity contribution in [2.24, 2.45) is 11.7 Å². The molecule has 1 aliphatic carbocycles. The third-order valence-electron chi connectivity index (χ3n) is 3.92. The van der Waals surface area contributed by atoms with Crippen LogP contribution in [-0.2, 0) is 9.59 Å². The predicted octanol–water partition coefficient (Wildman–Crippen LogP) is -0.558. The average molecular weight is 282 g/mol. The zero-order valence-electron chi connectivity index (χ0n) is 12.1. The molecular formula is C14H26N4O2. The van der Waals surface area contributed by atoms with Crippen LogP contribution < -0.4 is 16.4 Å². The summed E-state index contributed by atoms with van der Waals surface area (Å²) in [6, 6.07) is 0.429. The molecule has 114 valence electrons. The number of carbonyl (C=O) groups excluding carboxylic acids is 2. The van der Waals surface area contributed by atoms with Crippen LogP contribution in [0.15, 0.2) is 0 Å². The van der Waals surface area contributed by atoms with E-state index in [4.69, 9.17) is 5.73 Å². The molecule has 1 heterocycles. The van der Waals surface area contributed by atoms with Gasteiger partial charge >= 0.3 is 0 Å². The number of piperidine rings is 1. The smallest absolute Gasteiger partial charge is 0.224 e. The molecule has 0 radical (unpaired) electrons. The fourth-order valence-electron chi connectivity index (χ4n) is 2.60. The van der Waals surface area contributed by atoms with Crippen molar-refractivity contribution in [3.63, 3.8) is 0 Å². The Morgan fingerprint density at radius 1 is 1.25 bits per heavy atom. The van der Waals surface area contributed by atoms with Crippen molar-refractivity contribution >= 4 is 11.8 Å². The molecule has 20 heavy (non-hydrogen) atoms. The summed E-state index contributed by atoms with van der Waals surface area (Å²) in [5.41, 5.74) is 5.39. The second-order valence-electron chi connectivity index (χ2n) is 5.81. The van der Waals surface area contributed by atoms with Crippen LogP contribution in [0.5, 0.6) is 0 Å². The van der Waals surface area contributed by atoms with Crippen LogP contribution in [0.4, 0.5) is 0 Å². The average Bonchev–Trinajstić information content (AvgIpc) is 3.27. The number of hydrogen-bond donors (Lipinski definition) is 3. The van der Waals surface area contributed by atoms with Gasteiger partial charge in [-0.25, -0.2) is 0 Å². The molecule has 1 saturated heterocycles. The van der Waals surface area contributed by atoms with E-state index in [0.717, 1.165) is 45.3 Å². The largest absolute Gasteiger partial charge is 0.355 e. The monoisotopic (exact) mass is 282 g/mol. The zero-order valence-corrected chi connectivity index (χ0v) is 12.1. The number of nitrogens with one attached hydrogen (secondary N) is 2. The Morgan fingerprint density at radius 2 is 2.05 bits per heavy atom. The highest BCUT2D eigenvalue weighted by atomic mass is 16.2. The second-order valence-corrected chi connectivity index (χ2v) is 5.81. The molecule has 2 fully saturated rings. The van der Waals surface area contributed by atoms with Crippen molar-refractivity contribution in [1.29, 1.82) is 0 Å². The van der Waals surface area contributed by atoms with Gasteiger partial charge in [0.2, 0.25) is 11.8 Å². The van der Waals surface area contributed by atoms with Gasteiger partial charge in [-0.15, -0.1) is 0 Å². The van der Waals surface area contributed by atoms with E-state index in [2.05, 4.69) is 15.5 Å². The van der Waals surface area contributed by atoms with Crippen LogP contribution in [0.2, 0.25) is 0 Å². The van der Waals surface area contributed by atoms with Crippen LogP contribution >= 0.6 is 0 Å². The van der Waals surface area contributed by atoms with E-state index in [0.29, 0.717) is 25.6 Å². The molecule has 6 heteroatoms. The standard InChI is InChI=1S/C14H26N4O2/c15-6-7-16-14(20)11-2-1-8-18(10-11)9-5-13(19)17-12-3-4-12/h11-12H,1-10,15H2,(H,16,20)(H,17,19). The van der Waals surface area contributed by atoms with Crippen molar-refractivity contribution in [3.8, 4) is 0 Å². The van der Waals surface area contributed by atoms with Gasteiger partial charge in [0.25, 0.3) is 0 Å². The minimum atomic E-state index is 0.0433. The molecule has 2 rings (SSSR count). The molecule has 1 unspecified atom stereocenters. The number of nitrogens with zero attached hydrogens (tertiary/aromatic N) is 1. The fraction of sp³-hybridized carbons (Fsp3) is 0.857. The van der Waals surface area contributed by atoms with Gasteiger partial charge in [-0.1, -0.05) is 0 Å². The van der Waals surface area contributed by atoms with Crippen molar-refractivity contribution < 1.29 is 9.59 Å². The summed E-state index contributed by atoms with van der Waals surface area (Å²) in [6.07, 6.45) is 4.73. The normalized spacial score (nSPS) is 23.4. The minimum Gasteiger partial charge on any atom is -0.355 e. The first-order valence-electron chi connectivity index (χ1n) is 7.68. The number of likely N-dealkylation sites (tertiary alicyclic amines) is 1. The van der Waals surface area contributed by atoms with Gasteiger partial charge in [0, 0.05) is 38.6 Å². The summed E-state index contributed by atoms with van der Waals surface area (Å²) in [7, 11) is 0. The first kappa shape index (κ1) is 15.3. The molecule has 4 N–H and O–H groups in total. The molecule has 0 spiro atoms. The summed E-state index contributed by atoms with van der Waals surface area (Å²) in [6.45, 7) is 3.51. The maximum atomic E-state index is 11.9. The third kappa shape index (κ3) is 5.09. The first-order chi connectivity index (χ1) is 9.69. The number of hydrogen-bond acceptors (Lipinski definition) is 4. The summed E-state index contributed by atoms with van der Waals surface area (Å²) < 4.78 is 0. The SMILES string of the molecule is NCCNC(=O)C1CCCN(CCC(=O)NC2CC2)C1. The lowest BCUT2D eigenvalue weighted by molar-refractivity contribution is -0.126. The van der Waals surface area contributed by atoms with Crippen LogP contribution in [-0.4, -0.2) is 55.5 Å². The minimum absolute atomic E-state index is 0.0433. The van der Waals surface area contributed by atoms with E-state index in [1.165, 1.54) is 0 Å². The van der Waals surface area contributed by atoms with Gasteiger partial charge < -0.3 is 21.3 Å². The van der Waals surface area contributed by atoms with Crippen molar-refractivity contribution in [3.05, 3.63) is 0 Å². The van der Waals surface area contributed by atoms with Gasteiger partial charge in [0.1, 0.15) is 0 Å². The zero-order chi connectivity index (χ0) is 14.4. The van der Waals surface area contributed by atoms with Crippen LogP contribution in [0.25, 0.3) is 0 Å². The molecular weight excluding hydrogens is 256 g/mol. The second kappa shape index (κ2) is 7.59. The number of rotatable bonds is 7. The summed E-state index contributed by atoms with van der Waals surface area (Å²) in [5.74, 6) is 0.284. The van der Waals surface area contributed by atoms with Crippen LogP contribution in [0, 0.1) is 5.92 Å². The van der Waals surface area contributed by atoms with Crippen LogP contribution in [0.1, 0.15) is 32.1 Å². The Morgan fingerprint density at radius 3 is 2.75 bits per heavy atom. The van der Waals surface area contributed by atoms with Gasteiger partial charge in [-0.05, 0) is 32.2 Å². The number of carbonyl (C=O) groups is 2.